The predicted molar refractivity (Wildman–Crippen MR) is 48.2 cm³/mol. The summed E-state index contributed by atoms with van der Waals surface area (Å²) in [6.45, 7) is 1.94. The summed E-state index contributed by atoms with van der Waals surface area (Å²) in [6.07, 6.45) is 3.89. The molecule has 0 aromatic carbocycles. The van der Waals surface area contributed by atoms with Crippen molar-refractivity contribution in [1.82, 2.24) is 6.15 Å². The standard InChI is InChI=1S/C4H9N.2C2H4O2.2ClH.H3N.Pt/c5-4-2-1-3-4;2*1-2(3)4;;;;/h4H,1-3,5H2;2*1H3,(H,3,4);2*1H;1H3;/q;;;;;;+4/p-4. The SMILES string of the molecule is CC(=O)[O-].CC(=O)[O-].N.NC1CCC1.[Cl-].[Cl-].[Pt+4]. The maximum atomic E-state index is 8.89. The van der Waals surface area contributed by atoms with Gasteiger partial charge in [-0.15, -0.1) is 0 Å². The van der Waals surface area contributed by atoms with Gasteiger partial charge >= 0.3 is 21.1 Å². The fraction of sp³-hybridized carbons (Fsp3) is 0.750. The Labute approximate surface area is 128 Å². The van der Waals surface area contributed by atoms with E-state index in [1.807, 2.05) is 0 Å². The molecular formula is C8H18Cl2N2O4Pt. The Balaban J connectivity index is -0.0000000242. The quantitative estimate of drug-likeness (QED) is 0.359. The van der Waals surface area contributed by atoms with Crippen LogP contribution in [0.2, 0.25) is 0 Å². The Bertz CT molecular complexity index is 152. The number of carboxylic acid groups (broad SMARTS) is 2. The van der Waals surface area contributed by atoms with Crippen molar-refractivity contribution in [3.05, 3.63) is 0 Å². The second-order valence-corrected chi connectivity index (χ2v) is 2.67. The summed E-state index contributed by atoms with van der Waals surface area (Å²) in [5.74, 6) is -2.17. The molecule has 17 heavy (non-hydrogen) atoms. The van der Waals surface area contributed by atoms with Crippen LogP contribution < -0.4 is 46.9 Å². The molecule has 0 radical (unpaired) electrons. The normalized spacial score (nSPS) is 10.5. The molecule has 9 heteroatoms. The van der Waals surface area contributed by atoms with Crippen LogP contribution >= 0.6 is 0 Å². The van der Waals surface area contributed by atoms with Crippen molar-refractivity contribution in [2.75, 3.05) is 0 Å². The summed E-state index contributed by atoms with van der Waals surface area (Å²) in [6, 6.07) is 0.565. The zero-order chi connectivity index (χ0) is 10.9. The van der Waals surface area contributed by atoms with E-state index in [1.165, 1.54) is 19.3 Å². The second kappa shape index (κ2) is 25.1. The number of carboxylic acids is 2. The first-order valence-corrected chi connectivity index (χ1v) is 3.97. The molecule has 0 unspecified atom stereocenters. The Morgan fingerprint density at radius 3 is 1.18 bits per heavy atom. The van der Waals surface area contributed by atoms with Gasteiger partial charge in [0.15, 0.2) is 0 Å². The van der Waals surface area contributed by atoms with Crippen LogP contribution in [-0.4, -0.2) is 18.0 Å². The number of rotatable bonds is 0. The van der Waals surface area contributed by atoms with Gasteiger partial charge in [-0.05, 0) is 26.7 Å². The summed E-state index contributed by atoms with van der Waals surface area (Å²) < 4.78 is 0. The van der Waals surface area contributed by atoms with Crippen molar-refractivity contribution < 1.29 is 65.7 Å². The van der Waals surface area contributed by atoms with E-state index in [1.54, 1.807) is 0 Å². The third kappa shape index (κ3) is 85.7. The molecule has 1 saturated carbocycles. The predicted octanol–water partition coefficient (Wildman–Crippen LogP) is -7.82. The zero-order valence-electron chi connectivity index (χ0n) is 9.69. The molecule has 1 aliphatic carbocycles. The van der Waals surface area contributed by atoms with E-state index in [2.05, 4.69) is 0 Å². The van der Waals surface area contributed by atoms with Gasteiger partial charge in [-0.1, -0.05) is 6.42 Å². The van der Waals surface area contributed by atoms with Crippen LogP contribution in [0.3, 0.4) is 0 Å². The average molecular weight is 472 g/mol. The van der Waals surface area contributed by atoms with Crippen LogP contribution in [0, 0.1) is 0 Å². The fourth-order valence-corrected chi connectivity index (χ4v) is 0.440. The van der Waals surface area contributed by atoms with Crippen molar-refractivity contribution in [3.8, 4) is 0 Å². The molecule has 5 N–H and O–H groups in total. The van der Waals surface area contributed by atoms with Crippen LogP contribution in [0.1, 0.15) is 33.1 Å². The van der Waals surface area contributed by atoms with E-state index in [9.17, 15) is 0 Å². The number of hydrogen-bond acceptors (Lipinski definition) is 6. The number of halogens is 2. The summed E-state index contributed by atoms with van der Waals surface area (Å²) >= 11 is 0. The smallest absolute Gasteiger partial charge is 1.00 e. The molecule has 0 aromatic heterocycles. The van der Waals surface area contributed by atoms with Gasteiger partial charge in [0.1, 0.15) is 0 Å². The minimum Gasteiger partial charge on any atom is -1.00 e. The summed E-state index contributed by atoms with van der Waals surface area (Å²) in [4.78, 5) is 17.8. The first kappa shape index (κ1) is 36.0. The number of carbonyl (C=O) groups is 2. The molecule has 1 rings (SSSR count). The van der Waals surface area contributed by atoms with E-state index in [-0.39, 0.29) is 52.0 Å². The molecule has 1 fully saturated rings. The van der Waals surface area contributed by atoms with E-state index in [0.717, 1.165) is 13.8 Å². The van der Waals surface area contributed by atoms with Gasteiger partial charge in [0.2, 0.25) is 0 Å². The van der Waals surface area contributed by atoms with Crippen molar-refractivity contribution in [1.29, 1.82) is 0 Å². The minimum atomic E-state index is -1.08. The summed E-state index contributed by atoms with van der Waals surface area (Å²) in [5, 5.41) is 17.8. The summed E-state index contributed by atoms with van der Waals surface area (Å²) in [7, 11) is 0. The number of carbonyl (C=O) groups excluding carboxylic acids is 2. The van der Waals surface area contributed by atoms with E-state index >= 15 is 0 Å². The monoisotopic (exact) mass is 471 g/mol. The molecular weight excluding hydrogens is 454 g/mol. The fourth-order valence-electron chi connectivity index (χ4n) is 0.440. The van der Waals surface area contributed by atoms with Crippen molar-refractivity contribution >= 4 is 11.9 Å². The van der Waals surface area contributed by atoms with Gasteiger partial charge in [-0.25, -0.2) is 0 Å². The van der Waals surface area contributed by atoms with Crippen LogP contribution in [0.25, 0.3) is 0 Å². The van der Waals surface area contributed by atoms with Gasteiger partial charge in [-0.3, -0.25) is 0 Å². The van der Waals surface area contributed by atoms with Gasteiger partial charge in [0.05, 0.1) is 0 Å². The first-order chi connectivity index (χ1) is 5.86. The van der Waals surface area contributed by atoms with E-state index in [4.69, 9.17) is 25.5 Å². The molecule has 1 aliphatic rings. The maximum Gasteiger partial charge on any atom is 4.00 e. The first-order valence-electron chi connectivity index (χ1n) is 3.97. The molecule has 0 amide bonds. The van der Waals surface area contributed by atoms with Crippen molar-refractivity contribution in [3.63, 3.8) is 0 Å². The second-order valence-electron chi connectivity index (χ2n) is 2.67. The van der Waals surface area contributed by atoms with Crippen LogP contribution in [0.15, 0.2) is 0 Å². The Morgan fingerprint density at radius 2 is 1.18 bits per heavy atom. The van der Waals surface area contributed by atoms with Crippen LogP contribution in [-0.2, 0) is 30.7 Å². The van der Waals surface area contributed by atoms with Crippen LogP contribution in [0.5, 0.6) is 0 Å². The molecule has 0 heterocycles. The topological polar surface area (TPSA) is 141 Å². The molecule has 0 atom stereocenters. The largest absolute Gasteiger partial charge is 4.00 e. The maximum absolute atomic E-state index is 8.89. The molecule has 0 saturated heterocycles. The third-order valence-corrected chi connectivity index (χ3v) is 1.15. The van der Waals surface area contributed by atoms with Crippen molar-refractivity contribution in [2.24, 2.45) is 5.73 Å². The third-order valence-electron chi connectivity index (χ3n) is 1.15. The van der Waals surface area contributed by atoms with Gasteiger partial charge in [0, 0.05) is 18.0 Å². The van der Waals surface area contributed by atoms with Gasteiger partial charge in [-0.2, -0.15) is 0 Å². The number of nitrogens with two attached hydrogens (primary N) is 1. The van der Waals surface area contributed by atoms with Gasteiger partial charge in [0.25, 0.3) is 0 Å². The zero-order valence-corrected chi connectivity index (χ0v) is 13.5. The molecule has 6 nitrogen and oxygen atoms in total. The minimum absolute atomic E-state index is 0. The number of hydrogen-bond donors (Lipinski definition) is 2. The van der Waals surface area contributed by atoms with E-state index < -0.39 is 11.9 Å². The average Bonchev–Trinajstić information content (AvgIpc) is 1.80. The molecule has 108 valence electrons. The van der Waals surface area contributed by atoms with Gasteiger partial charge < -0.3 is 56.5 Å². The molecule has 0 bridgehead atoms. The number of aliphatic carboxylic acids is 2. The molecule has 0 aliphatic heterocycles. The molecule has 0 aromatic rings. The summed E-state index contributed by atoms with van der Waals surface area (Å²) in [5.41, 5.74) is 5.38. The van der Waals surface area contributed by atoms with Crippen LogP contribution in [0.4, 0.5) is 0 Å². The Hall–Kier alpha value is 0.128. The van der Waals surface area contributed by atoms with E-state index in [0.29, 0.717) is 6.04 Å². The molecule has 0 spiro atoms. The Kier molecular flexibility index (Phi) is 53.1. The van der Waals surface area contributed by atoms with Crippen molar-refractivity contribution in [2.45, 2.75) is 39.2 Å². The Morgan fingerprint density at radius 1 is 1.06 bits per heavy atom.